The fourth-order valence-electron chi connectivity index (χ4n) is 1.80. The van der Waals surface area contributed by atoms with Crippen molar-refractivity contribution in [2.75, 3.05) is 12.4 Å². The van der Waals surface area contributed by atoms with Crippen molar-refractivity contribution in [3.63, 3.8) is 0 Å². The van der Waals surface area contributed by atoms with Crippen LogP contribution >= 0.6 is 11.6 Å². The van der Waals surface area contributed by atoms with Gasteiger partial charge in [0.1, 0.15) is 5.75 Å². The van der Waals surface area contributed by atoms with Crippen molar-refractivity contribution in [2.45, 2.75) is 33.1 Å². The number of halogens is 1. The summed E-state index contributed by atoms with van der Waals surface area (Å²) in [4.78, 5) is 0. The lowest BCUT2D eigenvalue weighted by Crippen LogP contribution is -2.18. The molecule has 1 rings (SSSR count). The van der Waals surface area contributed by atoms with Crippen LogP contribution in [0.1, 0.15) is 32.3 Å². The highest BCUT2D eigenvalue weighted by atomic mass is 35.5. The van der Waals surface area contributed by atoms with Gasteiger partial charge >= 0.3 is 0 Å². The van der Waals surface area contributed by atoms with Gasteiger partial charge < -0.3 is 4.74 Å². The van der Waals surface area contributed by atoms with E-state index in [0.717, 1.165) is 29.2 Å². The first-order chi connectivity index (χ1) is 9.31. The Morgan fingerprint density at radius 1 is 1.35 bits per heavy atom. The van der Waals surface area contributed by atoms with Crippen LogP contribution in [0, 0.1) is 5.92 Å². The molecule has 1 unspecified atom stereocenters. The van der Waals surface area contributed by atoms with E-state index < -0.39 is 10.0 Å². The van der Waals surface area contributed by atoms with Gasteiger partial charge in [-0.3, -0.25) is 0 Å². The van der Waals surface area contributed by atoms with Crippen LogP contribution in [0.25, 0.3) is 0 Å². The largest absolute Gasteiger partial charge is 0.494 e. The Labute approximate surface area is 126 Å². The van der Waals surface area contributed by atoms with E-state index in [9.17, 15) is 8.42 Å². The van der Waals surface area contributed by atoms with Crippen LogP contribution in [0.4, 0.5) is 0 Å². The minimum absolute atomic E-state index is 0.0229. The third-order valence-electron chi connectivity index (χ3n) is 3.17. The van der Waals surface area contributed by atoms with E-state index in [0.29, 0.717) is 13.0 Å². The molecule has 2 N–H and O–H groups in total. The van der Waals surface area contributed by atoms with Gasteiger partial charge in [0.05, 0.1) is 12.4 Å². The maximum Gasteiger partial charge on any atom is 0.209 e. The minimum atomic E-state index is -3.37. The number of rotatable bonds is 8. The summed E-state index contributed by atoms with van der Waals surface area (Å²) in [5.41, 5.74) is 1.06. The molecule has 0 fully saturated rings. The van der Waals surface area contributed by atoms with Gasteiger partial charge in [-0.2, -0.15) is 0 Å². The molecule has 0 saturated heterocycles. The molecule has 0 aromatic heterocycles. The molecule has 0 spiro atoms. The Hall–Kier alpha value is -0.780. The topological polar surface area (TPSA) is 69.4 Å². The number of ether oxygens (including phenoxy) is 1. The van der Waals surface area contributed by atoms with Crippen LogP contribution in [0.2, 0.25) is 5.02 Å². The maximum atomic E-state index is 10.9. The fourth-order valence-corrected chi connectivity index (χ4v) is 2.78. The molecule has 0 heterocycles. The van der Waals surface area contributed by atoms with Crippen molar-refractivity contribution >= 4 is 21.6 Å². The summed E-state index contributed by atoms with van der Waals surface area (Å²) < 4.78 is 27.4. The highest BCUT2D eigenvalue weighted by molar-refractivity contribution is 7.89. The molecular formula is C14H22ClNO3S. The van der Waals surface area contributed by atoms with E-state index in [1.807, 2.05) is 32.0 Å². The molecule has 6 heteroatoms. The monoisotopic (exact) mass is 319 g/mol. The van der Waals surface area contributed by atoms with Crippen molar-refractivity contribution in [3.8, 4) is 5.75 Å². The van der Waals surface area contributed by atoms with Crippen LogP contribution < -0.4 is 9.88 Å². The smallest absolute Gasteiger partial charge is 0.209 e. The number of benzene rings is 1. The number of nitrogens with two attached hydrogens (primary N) is 1. The van der Waals surface area contributed by atoms with E-state index >= 15 is 0 Å². The van der Waals surface area contributed by atoms with Crippen molar-refractivity contribution < 1.29 is 13.2 Å². The van der Waals surface area contributed by atoms with E-state index in [-0.39, 0.29) is 11.7 Å². The lowest BCUT2D eigenvalue weighted by Gasteiger charge is -2.12. The first-order valence-corrected chi connectivity index (χ1v) is 8.83. The molecule has 0 amide bonds. The summed E-state index contributed by atoms with van der Waals surface area (Å²) in [5, 5.41) is 5.73. The second-order valence-electron chi connectivity index (χ2n) is 5.00. The second-order valence-corrected chi connectivity index (χ2v) is 7.15. The Morgan fingerprint density at radius 3 is 2.65 bits per heavy atom. The summed E-state index contributed by atoms with van der Waals surface area (Å²) in [6.07, 6.45) is 2.21. The summed E-state index contributed by atoms with van der Waals surface area (Å²) in [5.74, 6) is 1.07. The van der Waals surface area contributed by atoms with Gasteiger partial charge in [-0.25, -0.2) is 13.6 Å². The molecular weight excluding hydrogens is 298 g/mol. The van der Waals surface area contributed by atoms with Gasteiger partial charge in [-0.15, -0.1) is 0 Å². The molecule has 1 atom stereocenters. The third-order valence-corrected chi connectivity index (χ3v) is 4.35. The van der Waals surface area contributed by atoms with Crippen molar-refractivity contribution in [3.05, 3.63) is 28.8 Å². The average Bonchev–Trinajstić information content (AvgIpc) is 2.37. The molecule has 0 bridgehead atoms. The minimum Gasteiger partial charge on any atom is -0.494 e. The van der Waals surface area contributed by atoms with Crippen molar-refractivity contribution in [2.24, 2.45) is 11.1 Å². The Morgan fingerprint density at radius 2 is 2.05 bits per heavy atom. The van der Waals surface area contributed by atoms with Crippen molar-refractivity contribution in [1.82, 2.24) is 0 Å². The zero-order chi connectivity index (χ0) is 15.2. The molecule has 1 aromatic carbocycles. The third kappa shape index (κ3) is 6.59. The normalized spacial score (nSPS) is 13.2. The highest BCUT2D eigenvalue weighted by Crippen LogP contribution is 2.23. The molecule has 0 aliphatic heterocycles. The van der Waals surface area contributed by atoms with Gasteiger partial charge in [-0.05, 0) is 48.9 Å². The SMILES string of the molecule is CCc1cc(OCCC(C)CCS(N)(=O)=O)ccc1Cl. The van der Waals surface area contributed by atoms with Gasteiger partial charge in [0, 0.05) is 5.02 Å². The zero-order valence-corrected chi connectivity index (χ0v) is 13.5. The molecule has 0 aliphatic carbocycles. The fraction of sp³-hybridized carbons (Fsp3) is 0.571. The van der Waals surface area contributed by atoms with Crippen LogP contribution in [0.3, 0.4) is 0 Å². The van der Waals surface area contributed by atoms with Crippen LogP contribution in [0.5, 0.6) is 5.75 Å². The second kappa shape index (κ2) is 7.86. The van der Waals surface area contributed by atoms with Gasteiger partial charge in [0.15, 0.2) is 0 Å². The van der Waals surface area contributed by atoms with Crippen molar-refractivity contribution in [1.29, 1.82) is 0 Å². The van der Waals surface area contributed by atoms with Gasteiger partial charge in [-0.1, -0.05) is 25.4 Å². The van der Waals surface area contributed by atoms with E-state index in [1.54, 1.807) is 0 Å². The first-order valence-electron chi connectivity index (χ1n) is 6.73. The van der Waals surface area contributed by atoms with E-state index in [2.05, 4.69) is 0 Å². The number of primary sulfonamides is 1. The number of hydrogen-bond acceptors (Lipinski definition) is 3. The van der Waals surface area contributed by atoms with Crippen LogP contribution in [-0.4, -0.2) is 20.8 Å². The molecule has 20 heavy (non-hydrogen) atoms. The standard InChI is InChI=1S/C14H22ClNO3S/c1-3-12-10-13(4-5-14(12)15)19-8-6-11(2)7-9-20(16,17)18/h4-5,10-11H,3,6-9H2,1-2H3,(H2,16,17,18). The summed E-state index contributed by atoms with van der Waals surface area (Å²) in [7, 11) is -3.37. The Balaban J connectivity index is 2.37. The Kier molecular flexibility index (Phi) is 6.79. The highest BCUT2D eigenvalue weighted by Gasteiger charge is 2.09. The Bertz CT molecular complexity index is 531. The average molecular weight is 320 g/mol. The van der Waals surface area contributed by atoms with E-state index in [4.69, 9.17) is 21.5 Å². The lowest BCUT2D eigenvalue weighted by atomic mass is 10.1. The van der Waals surface area contributed by atoms with E-state index in [1.165, 1.54) is 0 Å². The lowest BCUT2D eigenvalue weighted by molar-refractivity contribution is 0.281. The molecule has 0 saturated carbocycles. The summed E-state index contributed by atoms with van der Waals surface area (Å²) in [6.45, 7) is 4.59. The predicted molar refractivity (Wildman–Crippen MR) is 82.7 cm³/mol. The number of sulfonamides is 1. The molecule has 4 nitrogen and oxygen atoms in total. The van der Waals surface area contributed by atoms with Gasteiger partial charge in [0.25, 0.3) is 0 Å². The number of aryl methyl sites for hydroxylation is 1. The quantitative estimate of drug-likeness (QED) is 0.800. The van der Waals surface area contributed by atoms with Crippen LogP contribution in [0.15, 0.2) is 18.2 Å². The predicted octanol–water partition coefficient (Wildman–Crippen LogP) is 2.99. The van der Waals surface area contributed by atoms with Crippen LogP contribution in [-0.2, 0) is 16.4 Å². The zero-order valence-electron chi connectivity index (χ0n) is 11.9. The maximum absolute atomic E-state index is 10.9. The van der Waals surface area contributed by atoms with Gasteiger partial charge in [0.2, 0.25) is 10.0 Å². The summed E-state index contributed by atoms with van der Waals surface area (Å²) >= 11 is 6.04. The first kappa shape index (κ1) is 17.3. The molecule has 1 aromatic rings. The number of hydrogen-bond donors (Lipinski definition) is 1. The molecule has 0 aliphatic rings. The molecule has 114 valence electrons. The summed E-state index contributed by atoms with van der Waals surface area (Å²) in [6, 6.07) is 5.62. The molecule has 0 radical (unpaired) electrons.